The summed E-state index contributed by atoms with van der Waals surface area (Å²) in [5.41, 5.74) is 3.09. The molecule has 0 aliphatic carbocycles. The van der Waals surface area contributed by atoms with Crippen molar-refractivity contribution in [2.45, 2.75) is 19.1 Å². The van der Waals surface area contributed by atoms with Gasteiger partial charge >= 0.3 is 0 Å². The van der Waals surface area contributed by atoms with Crippen LogP contribution in [0.25, 0.3) is 0 Å². The van der Waals surface area contributed by atoms with E-state index in [0.29, 0.717) is 11.4 Å². The molecule has 2 aliphatic heterocycles. The number of hydrogen-bond acceptors (Lipinski definition) is 5. The molecule has 0 bridgehead atoms. The monoisotopic (exact) mass is 492 g/mol. The van der Waals surface area contributed by atoms with Crippen LogP contribution in [0.15, 0.2) is 77.3 Å². The lowest BCUT2D eigenvalue weighted by atomic mass is 9.90. The Morgan fingerprint density at radius 3 is 2.34 bits per heavy atom. The molecule has 5 rings (SSSR count). The smallest absolute Gasteiger partial charge is 0.266 e. The Balaban J connectivity index is 1.61. The van der Waals surface area contributed by atoms with Crippen LogP contribution >= 0.6 is 15.9 Å². The molecule has 2 fully saturated rings. The van der Waals surface area contributed by atoms with Gasteiger partial charge in [-0.1, -0.05) is 42.5 Å². The Morgan fingerprint density at radius 2 is 1.66 bits per heavy atom. The summed E-state index contributed by atoms with van der Waals surface area (Å²) < 4.78 is 6.13. The number of methoxy groups -OCH3 is 1. The van der Waals surface area contributed by atoms with Crippen LogP contribution in [-0.2, 0) is 14.4 Å². The van der Waals surface area contributed by atoms with Gasteiger partial charge in [0.1, 0.15) is 11.7 Å². The van der Waals surface area contributed by atoms with Crippen molar-refractivity contribution in [1.82, 2.24) is 0 Å². The van der Waals surface area contributed by atoms with Crippen molar-refractivity contribution in [3.05, 3.63) is 88.4 Å². The molecule has 0 saturated carbocycles. The number of ether oxygens (including phenoxy) is 1. The van der Waals surface area contributed by atoms with E-state index in [2.05, 4.69) is 15.9 Å². The van der Waals surface area contributed by atoms with Crippen LogP contribution in [0, 0.1) is 12.8 Å². The highest BCUT2D eigenvalue weighted by Gasteiger charge is 2.60. The van der Waals surface area contributed by atoms with Crippen molar-refractivity contribution >= 4 is 39.1 Å². The molecule has 3 aromatic rings. The molecule has 7 heteroatoms. The van der Waals surface area contributed by atoms with Crippen molar-refractivity contribution in [1.29, 1.82) is 0 Å². The summed E-state index contributed by atoms with van der Waals surface area (Å²) in [6.45, 7) is 1.89. The second-order valence-corrected chi connectivity index (χ2v) is 8.70. The number of benzene rings is 3. The number of para-hydroxylation sites is 2. The number of carbonyl (C=O) groups excluding carboxylic acids is 2. The number of halogens is 1. The molecule has 3 atom stereocenters. The van der Waals surface area contributed by atoms with Crippen LogP contribution in [0.4, 0.5) is 11.4 Å². The van der Waals surface area contributed by atoms with Crippen molar-refractivity contribution in [2.24, 2.45) is 5.92 Å². The first kappa shape index (κ1) is 20.7. The van der Waals surface area contributed by atoms with Gasteiger partial charge in [0.15, 0.2) is 6.10 Å². The van der Waals surface area contributed by atoms with E-state index < -0.39 is 18.1 Å². The summed E-state index contributed by atoms with van der Waals surface area (Å²) >= 11 is 3.54. The molecule has 2 heterocycles. The van der Waals surface area contributed by atoms with E-state index in [1.807, 2.05) is 73.7 Å². The van der Waals surface area contributed by atoms with Crippen molar-refractivity contribution in [3.8, 4) is 5.75 Å². The number of imide groups is 1. The molecular formula is C25H21BrN2O4. The quantitative estimate of drug-likeness (QED) is 0.488. The van der Waals surface area contributed by atoms with E-state index in [-0.39, 0.29) is 11.8 Å². The first-order chi connectivity index (χ1) is 15.5. The molecule has 0 unspecified atom stereocenters. The fraction of sp³-hybridized carbons (Fsp3) is 0.200. The predicted molar refractivity (Wildman–Crippen MR) is 124 cm³/mol. The van der Waals surface area contributed by atoms with Gasteiger partial charge in [0.25, 0.3) is 5.91 Å². The molecule has 0 aromatic heterocycles. The molecule has 2 saturated heterocycles. The van der Waals surface area contributed by atoms with Crippen LogP contribution < -0.4 is 14.7 Å². The lowest BCUT2D eigenvalue weighted by molar-refractivity contribution is -0.126. The summed E-state index contributed by atoms with van der Waals surface area (Å²) in [6, 6.07) is 22.1. The second kappa shape index (κ2) is 8.07. The lowest BCUT2D eigenvalue weighted by Crippen LogP contribution is -2.37. The van der Waals surface area contributed by atoms with Crippen LogP contribution in [0.3, 0.4) is 0 Å². The Labute approximate surface area is 194 Å². The number of carbonyl (C=O) groups is 2. The molecule has 0 N–H and O–H groups in total. The summed E-state index contributed by atoms with van der Waals surface area (Å²) in [5.74, 6) is -0.594. The number of hydrogen-bond donors (Lipinski definition) is 0. The Hall–Kier alpha value is -3.16. The van der Waals surface area contributed by atoms with E-state index in [4.69, 9.17) is 9.57 Å². The van der Waals surface area contributed by atoms with Crippen molar-refractivity contribution in [3.63, 3.8) is 0 Å². The van der Waals surface area contributed by atoms with Crippen molar-refractivity contribution in [2.75, 3.05) is 17.1 Å². The average Bonchev–Trinajstić information content (AvgIpc) is 3.31. The highest BCUT2D eigenvalue weighted by Crippen LogP contribution is 2.48. The number of aryl methyl sites for hydroxylation is 1. The number of rotatable bonds is 4. The molecule has 32 heavy (non-hydrogen) atoms. The molecule has 162 valence electrons. The van der Waals surface area contributed by atoms with Gasteiger partial charge in [-0.3, -0.25) is 14.4 Å². The van der Waals surface area contributed by atoms with Crippen LogP contribution in [0.1, 0.15) is 17.2 Å². The van der Waals surface area contributed by atoms with Gasteiger partial charge in [-0.15, -0.1) is 0 Å². The van der Waals surface area contributed by atoms with Crippen LogP contribution in [0.2, 0.25) is 0 Å². The summed E-state index contributed by atoms with van der Waals surface area (Å²) in [7, 11) is 1.60. The maximum absolute atomic E-state index is 13.7. The molecule has 3 aromatic carbocycles. The lowest BCUT2D eigenvalue weighted by Gasteiger charge is -2.29. The summed E-state index contributed by atoms with van der Waals surface area (Å²) in [6.07, 6.45) is -0.895. The molecular weight excluding hydrogens is 472 g/mol. The number of fused-ring (bicyclic) bond motifs is 1. The van der Waals surface area contributed by atoms with E-state index >= 15 is 0 Å². The molecule has 2 amide bonds. The third kappa shape index (κ3) is 3.20. The minimum Gasteiger partial charge on any atom is -0.496 e. The van der Waals surface area contributed by atoms with Gasteiger partial charge in [0, 0.05) is 0 Å². The topological polar surface area (TPSA) is 59.1 Å². The van der Waals surface area contributed by atoms with E-state index in [0.717, 1.165) is 21.3 Å². The van der Waals surface area contributed by atoms with Crippen molar-refractivity contribution < 1.29 is 19.2 Å². The molecule has 0 radical (unpaired) electrons. The number of anilines is 2. The maximum atomic E-state index is 13.7. The van der Waals surface area contributed by atoms with Gasteiger partial charge in [-0.05, 0) is 64.3 Å². The highest BCUT2D eigenvalue weighted by atomic mass is 79.9. The number of nitrogens with zero attached hydrogens (tertiary/aromatic N) is 2. The average molecular weight is 493 g/mol. The Morgan fingerprint density at radius 1 is 0.938 bits per heavy atom. The van der Waals surface area contributed by atoms with Gasteiger partial charge in [0.05, 0.1) is 29.0 Å². The van der Waals surface area contributed by atoms with Gasteiger partial charge in [-0.2, -0.15) is 0 Å². The van der Waals surface area contributed by atoms with Gasteiger partial charge in [0.2, 0.25) is 5.91 Å². The van der Waals surface area contributed by atoms with Gasteiger partial charge in [-0.25, -0.2) is 9.96 Å². The van der Waals surface area contributed by atoms with Gasteiger partial charge < -0.3 is 4.74 Å². The normalized spacial score (nSPS) is 22.4. The summed E-state index contributed by atoms with van der Waals surface area (Å²) in [5, 5.41) is 1.69. The standard InChI is InChI=1S/C25H21BrN2O4/c1-15-8-6-7-11-19(15)27-24(29)21-22(16-12-13-20(31-2)18(26)14-16)28(32-23(21)25(27)30)17-9-4-3-5-10-17/h3-14,21-23H,1-2H3/t21-,22-,23-/m0/s1. The van der Waals surface area contributed by atoms with Crippen LogP contribution in [0.5, 0.6) is 5.75 Å². The van der Waals surface area contributed by atoms with E-state index in [9.17, 15) is 9.59 Å². The fourth-order valence-corrected chi connectivity index (χ4v) is 5.03. The van der Waals surface area contributed by atoms with Crippen LogP contribution in [-0.4, -0.2) is 25.0 Å². The zero-order chi connectivity index (χ0) is 22.4. The number of amides is 2. The third-order valence-electron chi connectivity index (χ3n) is 6.00. The fourth-order valence-electron chi connectivity index (χ4n) is 4.47. The number of hydroxylamine groups is 1. The zero-order valence-electron chi connectivity index (χ0n) is 17.6. The molecule has 2 aliphatic rings. The van der Waals surface area contributed by atoms with E-state index in [1.54, 1.807) is 18.2 Å². The predicted octanol–water partition coefficient (Wildman–Crippen LogP) is 4.82. The molecule has 6 nitrogen and oxygen atoms in total. The highest BCUT2D eigenvalue weighted by molar-refractivity contribution is 9.10. The summed E-state index contributed by atoms with van der Waals surface area (Å²) in [4.78, 5) is 34.5. The second-order valence-electron chi connectivity index (χ2n) is 7.85. The first-order valence-electron chi connectivity index (χ1n) is 10.3. The Kier molecular flexibility index (Phi) is 5.23. The van der Waals surface area contributed by atoms with E-state index in [1.165, 1.54) is 4.90 Å². The zero-order valence-corrected chi connectivity index (χ0v) is 19.2. The first-order valence-corrected chi connectivity index (χ1v) is 11.1. The SMILES string of the molecule is COc1ccc([C@H]2[C@@H]3C(=O)N(c4ccccc4C)C(=O)[C@H]3ON2c2ccccc2)cc1Br. The minimum absolute atomic E-state index is 0.260. The largest absolute Gasteiger partial charge is 0.496 e. The maximum Gasteiger partial charge on any atom is 0.266 e. The third-order valence-corrected chi connectivity index (χ3v) is 6.62. The minimum atomic E-state index is -0.895. The molecule has 0 spiro atoms. The Bertz CT molecular complexity index is 1200.